The molecule has 7 heterocycles. The number of nitrogens with zero attached hydrogens (tertiary/aromatic N) is 6. The van der Waals surface area contributed by atoms with Gasteiger partial charge in [-0.15, -0.1) is 0 Å². The van der Waals surface area contributed by atoms with E-state index in [-0.39, 0.29) is 18.5 Å². The smallest absolute Gasteiger partial charge is 0.244 e. The van der Waals surface area contributed by atoms with Gasteiger partial charge in [-0.25, -0.2) is 9.97 Å². The Bertz CT molecular complexity index is 1590. The van der Waals surface area contributed by atoms with Gasteiger partial charge in [-0.05, 0) is 49.3 Å². The number of hydrogen-bond donors (Lipinski definition) is 3. The molecule has 1 saturated heterocycles. The van der Waals surface area contributed by atoms with Gasteiger partial charge in [0.15, 0.2) is 5.82 Å². The van der Waals surface area contributed by atoms with Crippen molar-refractivity contribution in [2.75, 3.05) is 42.7 Å². The van der Waals surface area contributed by atoms with Gasteiger partial charge in [0, 0.05) is 61.2 Å². The summed E-state index contributed by atoms with van der Waals surface area (Å²) in [5.41, 5.74) is 12.5. The van der Waals surface area contributed by atoms with Crippen molar-refractivity contribution in [3.05, 3.63) is 47.5 Å². The van der Waals surface area contributed by atoms with E-state index in [1.54, 1.807) is 10.9 Å². The van der Waals surface area contributed by atoms with Gasteiger partial charge in [-0.1, -0.05) is 0 Å². The number of fused-ring (bicyclic) bond motifs is 3. The maximum absolute atomic E-state index is 12.9. The molecule has 0 aliphatic carbocycles. The molecule has 0 radical (unpaired) electrons. The van der Waals surface area contributed by atoms with E-state index in [1.807, 2.05) is 29.3 Å². The van der Waals surface area contributed by atoms with E-state index >= 15 is 0 Å². The van der Waals surface area contributed by atoms with Gasteiger partial charge < -0.3 is 26.0 Å². The number of nitrogens with two attached hydrogens (primary N) is 1. The number of nitrogens with one attached hydrogen (secondary N) is 2. The molecule has 4 aromatic rings. The Morgan fingerprint density at radius 1 is 1.15 bits per heavy atom. The third-order valence-corrected chi connectivity index (χ3v) is 8.01. The van der Waals surface area contributed by atoms with Crippen LogP contribution in [-0.4, -0.2) is 67.9 Å². The minimum Gasteiger partial charge on any atom is -0.383 e. The Balaban J connectivity index is 1.15. The van der Waals surface area contributed by atoms with Crippen LogP contribution in [0.2, 0.25) is 0 Å². The van der Waals surface area contributed by atoms with Crippen molar-refractivity contribution in [3.63, 3.8) is 0 Å². The summed E-state index contributed by atoms with van der Waals surface area (Å²) in [6.45, 7) is 5.29. The van der Waals surface area contributed by atoms with Gasteiger partial charge >= 0.3 is 0 Å². The monoisotopic (exact) mass is 525 g/mol. The van der Waals surface area contributed by atoms with Gasteiger partial charge in [-0.3, -0.25) is 14.5 Å². The lowest BCUT2D eigenvalue weighted by molar-refractivity contribution is -0.133. The summed E-state index contributed by atoms with van der Waals surface area (Å²) in [6, 6.07) is 6.15. The number of aryl methyl sites for hydroxylation is 1. The topological polar surface area (TPSA) is 136 Å². The normalized spacial score (nSPS) is 18.9. The van der Waals surface area contributed by atoms with Crippen LogP contribution in [0.5, 0.6) is 0 Å². The van der Waals surface area contributed by atoms with Crippen molar-refractivity contribution in [3.8, 4) is 11.3 Å². The Morgan fingerprint density at radius 2 is 2.08 bits per heavy atom. The van der Waals surface area contributed by atoms with Crippen molar-refractivity contribution < 1.29 is 9.53 Å². The molecular weight excluding hydrogens is 494 g/mol. The van der Waals surface area contributed by atoms with E-state index < -0.39 is 0 Å². The van der Waals surface area contributed by atoms with Crippen molar-refractivity contribution in [2.24, 2.45) is 0 Å². The Hall–Kier alpha value is -4.25. The molecule has 1 fully saturated rings. The molecule has 11 heteroatoms. The second kappa shape index (κ2) is 9.49. The predicted octanol–water partition coefficient (Wildman–Crippen LogP) is 3.05. The van der Waals surface area contributed by atoms with Crippen LogP contribution in [0.4, 0.5) is 23.1 Å². The highest BCUT2D eigenvalue weighted by Crippen LogP contribution is 2.34. The number of pyridine rings is 3. The van der Waals surface area contributed by atoms with Gasteiger partial charge in [0.2, 0.25) is 5.91 Å². The van der Waals surface area contributed by atoms with Crippen LogP contribution in [0.15, 0.2) is 30.6 Å². The molecule has 0 bridgehead atoms. The number of aromatic nitrogens is 5. The molecule has 0 aromatic carbocycles. The van der Waals surface area contributed by atoms with E-state index in [2.05, 4.69) is 32.6 Å². The maximum Gasteiger partial charge on any atom is 0.244 e. The van der Waals surface area contributed by atoms with Crippen molar-refractivity contribution in [1.29, 1.82) is 0 Å². The fourth-order valence-corrected chi connectivity index (χ4v) is 5.91. The second-order valence-electron chi connectivity index (χ2n) is 10.5. The van der Waals surface area contributed by atoms with Crippen molar-refractivity contribution >= 4 is 39.8 Å². The first-order chi connectivity index (χ1) is 19.0. The van der Waals surface area contributed by atoms with E-state index in [1.165, 1.54) is 0 Å². The van der Waals surface area contributed by atoms with Crippen LogP contribution >= 0.6 is 0 Å². The lowest BCUT2D eigenvalue weighted by Gasteiger charge is -2.26. The van der Waals surface area contributed by atoms with Crippen LogP contribution in [0.25, 0.3) is 22.0 Å². The third-order valence-electron chi connectivity index (χ3n) is 8.01. The summed E-state index contributed by atoms with van der Waals surface area (Å²) in [4.78, 5) is 28.8. The maximum atomic E-state index is 12.9. The standard InChI is InChI=1S/C28H31N9O2/c1-16-20(12-31-22-3-2-6-30-27(16)22)23-9-17-10-24(32-13-21(17)28(29)33-23)34-25-11-18-4-7-36(19-5-8-39-15-19)26(38)14-37(18)35-25/h9-13,19,30H,2-8,14-15H2,1H3,(H2,29,33)(H,32,34,35). The summed E-state index contributed by atoms with van der Waals surface area (Å²) in [5, 5.41) is 13.2. The lowest BCUT2D eigenvalue weighted by Crippen LogP contribution is -2.42. The molecule has 0 spiro atoms. The molecule has 3 aliphatic heterocycles. The van der Waals surface area contributed by atoms with Crippen LogP contribution in [0, 0.1) is 6.92 Å². The number of hydrogen-bond acceptors (Lipinski definition) is 9. The highest BCUT2D eigenvalue weighted by Gasteiger charge is 2.30. The highest BCUT2D eigenvalue weighted by atomic mass is 16.5. The summed E-state index contributed by atoms with van der Waals surface area (Å²) < 4.78 is 7.28. The van der Waals surface area contributed by atoms with Crippen LogP contribution in [0.3, 0.4) is 0 Å². The molecule has 4 N–H and O–H groups in total. The Kier molecular flexibility index (Phi) is 5.80. The first-order valence-corrected chi connectivity index (χ1v) is 13.5. The first kappa shape index (κ1) is 23.8. The van der Waals surface area contributed by atoms with Gasteiger partial charge in [0.05, 0.1) is 29.7 Å². The van der Waals surface area contributed by atoms with E-state index in [0.717, 1.165) is 83.5 Å². The number of carbonyl (C=O) groups is 1. The zero-order valence-corrected chi connectivity index (χ0v) is 21.9. The average molecular weight is 526 g/mol. The van der Waals surface area contributed by atoms with E-state index in [4.69, 9.17) is 15.5 Å². The fourth-order valence-electron chi connectivity index (χ4n) is 5.91. The second-order valence-corrected chi connectivity index (χ2v) is 10.5. The largest absolute Gasteiger partial charge is 0.383 e. The molecule has 4 aromatic heterocycles. The molecular formula is C28H31N9O2. The number of rotatable bonds is 4. The van der Waals surface area contributed by atoms with Gasteiger partial charge in [0.25, 0.3) is 0 Å². The van der Waals surface area contributed by atoms with Crippen LogP contribution < -0.4 is 16.4 Å². The minimum atomic E-state index is 0.0837. The summed E-state index contributed by atoms with van der Waals surface area (Å²) >= 11 is 0. The van der Waals surface area contributed by atoms with Gasteiger partial charge in [-0.2, -0.15) is 5.10 Å². The molecule has 7 rings (SSSR count). The summed E-state index contributed by atoms with van der Waals surface area (Å²) in [6.07, 6.45) is 7.35. The number of amides is 1. The average Bonchev–Trinajstić information content (AvgIpc) is 3.56. The molecule has 200 valence electrons. The fraction of sp³-hybridized carbons (Fsp3) is 0.393. The Morgan fingerprint density at radius 3 is 2.95 bits per heavy atom. The number of carbonyl (C=O) groups excluding carboxylic acids is 1. The predicted molar refractivity (Wildman–Crippen MR) is 149 cm³/mol. The quantitative estimate of drug-likeness (QED) is 0.367. The van der Waals surface area contributed by atoms with Crippen molar-refractivity contribution in [1.82, 2.24) is 29.6 Å². The molecule has 1 atom stereocenters. The highest BCUT2D eigenvalue weighted by molar-refractivity contribution is 5.95. The van der Waals surface area contributed by atoms with Crippen LogP contribution in [0.1, 0.15) is 29.8 Å². The summed E-state index contributed by atoms with van der Waals surface area (Å²) in [7, 11) is 0. The first-order valence-electron chi connectivity index (χ1n) is 13.5. The molecule has 1 amide bonds. The van der Waals surface area contributed by atoms with E-state index in [0.29, 0.717) is 30.6 Å². The molecule has 1 unspecified atom stereocenters. The van der Waals surface area contributed by atoms with Crippen LogP contribution in [-0.2, 0) is 28.9 Å². The molecule has 0 saturated carbocycles. The lowest BCUT2D eigenvalue weighted by atomic mass is 9.99. The molecule has 3 aliphatic rings. The molecule has 39 heavy (non-hydrogen) atoms. The Labute approximate surface area is 225 Å². The van der Waals surface area contributed by atoms with Gasteiger partial charge in [0.1, 0.15) is 18.2 Å². The van der Waals surface area contributed by atoms with Crippen molar-refractivity contribution in [2.45, 2.75) is 45.2 Å². The number of ether oxygens (including phenoxy) is 1. The third kappa shape index (κ3) is 4.32. The number of anilines is 4. The zero-order chi connectivity index (χ0) is 26.5. The zero-order valence-electron chi connectivity index (χ0n) is 21.9. The molecule has 11 nitrogen and oxygen atoms in total. The van der Waals surface area contributed by atoms with E-state index in [9.17, 15) is 4.79 Å². The number of nitrogen functional groups attached to an aromatic ring is 1. The minimum absolute atomic E-state index is 0.0837. The SMILES string of the molecule is Cc1c(-c2cc3cc(Nc4cc5n(n4)CC(=O)N(C4CCOC4)CC5)ncc3c(N)n2)cnc2c1NCCC2. The summed E-state index contributed by atoms with van der Waals surface area (Å²) in [5.74, 6) is 1.81.